The maximum atomic E-state index is 11.9. The molecule has 5 heteroatoms. The van der Waals surface area contributed by atoms with Gasteiger partial charge in [-0.05, 0) is 32.8 Å². The maximum absolute atomic E-state index is 11.9. The van der Waals surface area contributed by atoms with Gasteiger partial charge < -0.3 is 10.2 Å². The van der Waals surface area contributed by atoms with Crippen LogP contribution in [0.4, 0.5) is 0 Å². The summed E-state index contributed by atoms with van der Waals surface area (Å²) in [6.07, 6.45) is 7.17. The molecule has 0 bridgehead atoms. The first-order valence-electron chi connectivity index (χ1n) is 7.64. The third kappa shape index (κ3) is 3.60. The first-order valence-corrected chi connectivity index (χ1v) is 7.64. The Morgan fingerprint density at radius 1 is 1.55 bits per heavy atom. The molecular formula is C15H26N4O. The van der Waals surface area contributed by atoms with Crippen LogP contribution in [-0.4, -0.2) is 40.2 Å². The Bertz CT molecular complexity index is 437. The first kappa shape index (κ1) is 15.0. The molecule has 112 valence electrons. The number of carbonyl (C=O) groups excluding carboxylic acids is 1. The molecule has 1 fully saturated rings. The van der Waals surface area contributed by atoms with Gasteiger partial charge in [-0.3, -0.25) is 9.48 Å². The van der Waals surface area contributed by atoms with Crippen LogP contribution in [0.5, 0.6) is 0 Å². The molecule has 0 aromatic carbocycles. The highest BCUT2D eigenvalue weighted by molar-refractivity contribution is 5.81. The van der Waals surface area contributed by atoms with Crippen LogP contribution >= 0.6 is 0 Å². The minimum atomic E-state index is -0.170. The molecule has 1 aromatic heterocycles. The molecule has 0 radical (unpaired) electrons. The van der Waals surface area contributed by atoms with Crippen molar-refractivity contribution in [2.75, 3.05) is 13.6 Å². The minimum Gasteiger partial charge on any atom is -0.345 e. The molecule has 1 aromatic rings. The molecular weight excluding hydrogens is 252 g/mol. The summed E-state index contributed by atoms with van der Waals surface area (Å²) in [7, 11) is 1.83. The molecule has 1 N–H and O–H groups in total. The normalized spacial score (nSPS) is 17.4. The fraction of sp³-hybridized carbons (Fsp3) is 0.733. The summed E-state index contributed by atoms with van der Waals surface area (Å²) < 4.78 is 2.09. The van der Waals surface area contributed by atoms with Crippen LogP contribution in [0.3, 0.4) is 0 Å². The van der Waals surface area contributed by atoms with E-state index < -0.39 is 0 Å². The van der Waals surface area contributed by atoms with E-state index in [0.717, 1.165) is 12.2 Å². The van der Waals surface area contributed by atoms with Gasteiger partial charge in [0.2, 0.25) is 5.91 Å². The van der Waals surface area contributed by atoms with E-state index in [1.807, 2.05) is 27.0 Å². The van der Waals surface area contributed by atoms with Gasteiger partial charge >= 0.3 is 0 Å². The van der Waals surface area contributed by atoms with Gasteiger partial charge in [-0.15, -0.1) is 0 Å². The molecule has 1 saturated carbocycles. The average molecular weight is 278 g/mol. The van der Waals surface area contributed by atoms with Crippen LogP contribution in [0.2, 0.25) is 0 Å². The number of amides is 1. The van der Waals surface area contributed by atoms with Crippen molar-refractivity contribution in [3.8, 4) is 0 Å². The molecule has 1 atom stereocenters. The van der Waals surface area contributed by atoms with Crippen molar-refractivity contribution < 1.29 is 4.79 Å². The Hall–Kier alpha value is -1.36. The third-order valence-electron chi connectivity index (χ3n) is 4.17. The average Bonchev–Trinajstić information content (AvgIpc) is 3.13. The second kappa shape index (κ2) is 6.88. The topological polar surface area (TPSA) is 50.2 Å². The number of carbonyl (C=O) groups is 1. The van der Waals surface area contributed by atoms with E-state index >= 15 is 0 Å². The lowest BCUT2D eigenvalue weighted by molar-refractivity contribution is -0.131. The highest BCUT2D eigenvalue weighted by atomic mass is 16.2. The lowest BCUT2D eigenvalue weighted by Gasteiger charge is -2.20. The van der Waals surface area contributed by atoms with E-state index in [9.17, 15) is 4.79 Å². The van der Waals surface area contributed by atoms with Crippen molar-refractivity contribution in [3.05, 3.63) is 18.0 Å². The van der Waals surface area contributed by atoms with Gasteiger partial charge in [0.05, 0.1) is 17.8 Å². The first-order chi connectivity index (χ1) is 9.61. The van der Waals surface area contributed by atoms with Gasteiger partial charge in [-0.2, -0.15) is 5.10 Å². The zero-order valence-electron chi connectivity index (χ0n) is 12.8. The largest absolute Gasteiger partial charge is 0.345 e. The second-order valence-electron chi connectivity index (χ2n) is 5.68. The number of hydrogen-bond acceptors (Lipinski definition) is 3. The van der Waals surface area contributed by atoms with Gasteiger partial charge in [0.25, 0.3) is 0 Å². The molecule has 20 heavy (non-hydrogen) atoms. The molecule has 1 heterocycles. The monoisotopic (exact) mass is 278 g/mol. The standard InChI is InChI=1S/C15H26N4O/c1-4-18(3)15(20)12(2)16-11-13-9-10-19(17-13)14-7-5-6-8-14/h9-10,12,14,16H,4-8,11H2,1-3H3. The van der Waals surface area contributed by atoms with Crippen molar-refractivity contribution >= 4 is 5.91 Å². The Balaban J connectivity index is 1.83. The van der Waals surface area contributed by atoms with E-state index in [-0.39, 0.29) is 11.9 Å². The zero-order chi connectivity index (χ0) is 14.5. The Morgan fingerprint density at radius 3 is 2.90 bits per heavy atom. The number of likely N-dealkylation sites (N-methyl/N-ethyl adjacent to an activating group) is 1. The highest BCUT2D eigenvalue weighted by Crippen LogP contribution is 2.28. The zero-order valence-corrected chi connectivity index (χ0v) is 12.8. The summed E-state index contributed by atoms with van der Waals surface area (Å²) in [5.74, 6) is 0.128. The fourth-order valence-electron chi connectivity index (χ4n) is 2.68. The summed E-state index contributed by atoms with van der Waals surface area (Å²) in [5, 5.41) is 7.87. The number of nitrogens with one attached hydrogen (secondary N) is 1. The summed E-state index contributed by atoms with van der Waals surface area (Å²) in [5.41, 5.74) is 1.01. The van der Waals surface area contributed by atoms with Gasteiger partial charge in [0, 0.05) is 26.3 Å². The van der Waals surface area contributed by atoms with Gasteiger partial charge in [0.1, 0.15) is 0 Å². The van der Waals surface area contributed by atoms with Crippen LogP contribution in [0.15, 0.2) is 12.3 Å². The van der Waals surface area contributed by atoms with Gasteiger partial charge in [-0.25, -0.2) is 0 Å². The molecule has 0 saturated heterocycles. The molecule has 0 spiro atoms. The smallest absolute Gasteiger partial charge is 0.239 e. The van der Waals surface area contributed by atoms with Crippen molar-refractivity contribution in [3.63, 3.8) is 0 Å². The molecule has 1 amide bonds. The predicted molar refractivity (Wildman–Crippen MR) is 79.3 cm³/mol. The van der Waals surface area contributed by atoms with E-state index in [1.165, 1.54) is 25.7 Å². The van der Waals surface area contributed by atoms with Crippen molar-refractivity contribution in [2.45, 2.75) is 58.2 Å². The predicted octanol–water partition coefficient (Wildman–Crippen LogP) is 1.95. The summed E-state index contributed by atoms with van der Waals surface area (Å²) in [6, 6.07) is 2.46. The van der Waals surface area contributed by atoms with E-state index in [2.05, 4.69) is 21.3 Å². The Labute approximate surface area is 121 Å². The van der Waals surface area contributed by atoms with Crippen LogP contribution in [0.1, 0.15) is 51.3 Å². The molecule has 5 nitrogen and oxygen atoms in total. The third-order valence-corrected chi connectivity index (χ3v) is 4.17. The minimum absolute atomic E-state index is 0.128. The number of aromatic nitrogens is 2. The van der Waals surface area contributed by atoms with Crippen LogP contribution in [0.25, 0.3) is 0 Å². The molecule has 0 aliphatic heterocycles. The number of rotatable bonds is 6. The van der Waals surface area contributed by atoms with Crippen LogP contribution < -0.4 is 5.32 Å². The van der Waals surface area contributed by atoms with E-state index in [1.54, 1.807) is 4.90 Å². The summed E-state index contributed by atoms with van der Waals surface area (Å²) in [6.45, 7) is 5.27. The SMILES string of the molecule is CCN(C)C(=O)C(C)NCc1ccn(C2CCCC2)n1. The summed E-state index contributed by atoms with van der Waals surface area (Å²) >= 11 is 0. The van der Waals surface area contributed by atoms with Crippen LogP contribution in [-0.2, 0) is 11.3 Å². The molecule has 1 aliphatic carbocycles. The quantitative estimate of drug-likeness (QED) is 0.865. The van der Waals surface area contributed by atoms with Crippen molar-refractivity contribution in [1.82, 2.24) is 20.0 Å². The number of hydrogen-bond donors (Lipinski definition) is 1. The maximum Gasteiger partial charge on any atom is 0.239 e. The molecule has 2 rings (SSSR count). The fourth-order valence-corrected chi connectivity index (χ4v) is 2.68. The number of nitrogens with zero attached hydrogens (tertiary/aromatic N) is 3. The second-order valence-corrected chi connectivity index (χ2v) is 5.68. The lowest BCUT2D eigenvalue weighted by atomic mass is 10.3. The van der Waals surface area contributed by atoms with Crippen molar-refractivity contribution in [2.24, 2.45) is 0 Å². The molecule has 1 aliphatic rings. The van der Waals surface area contributed by atoms with Crippen molar-refractivity contribution in [1.29, 1.82) is 0 Å². The van der Waals surface area contributed by atoms with Gasteiger partial charge in [0.15, 0.2) is 0 Å². The van der Waals surface area contributed by atoms with E-state index in [4.69, 9.17) is 0 Å². The van der Waals surface area contributed by atoms with Crippen LogP contribution in [0, 0.1) is 0 Å². The lowest BCUT2D eigenvalue weighted by Crippen LogP contribution is -2.42. The summed E-state index contributed by atoms with van der Waals surface area (Å²) in [4.78, 5) is 13.7. The highest BCUT2D eigenvalue weighted by Gasteiger charge is 2.18. The van der Waals surface area contributed by atoms with Gasteiger partial charge in [-0.1, -0.05) is 12.8 Å². The van der Waals surface area contributed by atoms with E-state index in [0.29, 0.717) is 12.6 Å². The molecule has 1 unspecified atom stereocenters. The Morgan fingerprint density at radius 2 is 2.25 bits per heavy atom. The Kier molecular flexibility index (Phi) is 5.17.